The van der Waals surface area contributed by atoms with Gasteiger partial charge in [0.2, 0.25) is 15.9 Å². The largest absolute Gasteiger partial charge is 0.492 e. The van der Waals surface area contributed by atoms with Crippen LogP contribution in [0.3, 0.4) is 0 Å². The number of amides is 1. The van der Waals surface area contributed by atoms with Gasteiger partial charge in [-0.2, -0.15) is 4.31 Å². The van der Waals surface area contributed by atoms with Crippen LogP contribution in [0.15, 0.2) is 74.8 Å². The Bertz CT molecular complexity index is 1860. The van der Waals surface area contributed by atoms with Gasteiger partial charge in [-0.3, -0.25) is 14.3 Å². The van der Waals surface area contributed by atoms with E-state index in [0.29, 0.717) is 15.9 Å². The van der Waals surface area contributed by atoms with Crippen LogP contribution >= 0.6 is 15.9 Å². The molecule has 5 rings (SSSR count). The van der Waals surface area contributed by atoms with Gasteiger partial charge in [0.05, 0.1) is 18.0 Å². The van der Waals surface area contributed by atoms with E-state index in [-0.39, 0.29) is 35.9 Å². The van der Waals surface area contributed by atoms with Crippen molar-refractivity contribution in [2.75, 3.05) is 11.9 Å². The Labute approximate surface area is 253 Å². The topological polar surface area (TPSA) is 103 Å². The van der Waals surface area contributed by atoms with Gasteiger partial charge in [0.15, 0.2) is 0 Å². The fraction of sp³-hybridized carbons (Fsp3) is 0.290. The second kappa shape index (κ2) is 11.5. The second-order valence-electron chi connectivity index (χ2n) is 10.4. The first-order chi connectivity index (χ1) is 19.9. The minimum atomic E-state index is -4.21. The normalized spacial score (nSPS) is 15.3. The molecule has 0 bridgehead atoms. The number of hydrogen-bond acceptors (Lipinski definition) is 5. The molecule has 0 spiro atoms. The number of rotatable bonds is 7. The molecule has 1 aliphatic rings. The summed E-state index contributed by atoms with van der Waals surface area (Å²) >= 11 is 3.37. The monoisotopic (exact) mass is 652 g/mol. The number of carbonyl (C=O) groups is 1. The highest BCUT2D eigenvalue weighted by molar-refractivity contribution is 9.10. The van der Waals surface area contributed by atoms with Gasteiger partial charge in [0, 0.05) is 18.1 Å². The summed E-state index contributed by atoms with van der Waals surface area (Å²) in [6.07, 6.45) is 0.149. The van der Waals surface area contributed by atoms with Crippen molar-refractivity contribution in [3.8, 4) is 11.4 Å². The molecule has 11 heteroatoms. The maximum Gasteiger partial charge on any atom is 0.295 e. The average molecular weight is 654 g/mol. The molecule has 220 valence electrons. The van der Waals surface area contributed by atoms with Crippen LogP contribution in [0.5, 0.6) is 5.75 Å². The van der Waals surface area contributed by atoms with Crippen molar-refractivity contribution >= 4 is 37.5 Å². The number of fused-ring (bicyclic) bond motifs is 1. The van der Waals surface area contributed by atoms with Gasteiger partial charge in [0.25, 0.3) is 5.56 Å². The maximum atomic E-state index is 14.2. The first-order valence-corrected chi connectivity index (χ1v) is 15.9. The van der Waals surface area contributed by atoms with Crippen molar-refractivity contribution in [2.45, 2.75) is 51.6 Å². The number of hydrogen-bond donors (Lipinski definition) is 1. The molecular weight excluding hydrogens is 620 g/mol. The molecule has 0 saturated carbocycles. The third-order valence-corrected chi connectivity index (χ3v) is 10.1. The number of aryl methyl sites for hydroxylation is 2. The minimum Gasteiger partial charge on any atom is -0.492 e. The smallest absolute Gasteiger partial charge is 0.295 e. The molecule has 4 aromatic rings. The lowest BCUT2D eigenvalue weighted by atomic mass is 9.95. The van der Waals surface area contributed by atoms with Crippen LogP contribution in [0.2, 0.25) is 0 Å². The van der Waals surface area contributed by atoms with E-state index in [1.165, 1.54) is 15.1 Å². The third-order valence-electron chi connectivity index (χ3n) is 7.69. The van der Waals surface area contributed by atoms with E-state index in [1.54, 1.807) is 37.7 Å². The summed E-state index contributed by atoms with van der Waals surface area (Å²) in [6, 6.07) is 17.0. The molecule has 9 nitrogen and oxygen atoms in total. The number of nitrogens with one attached hydrogen (secondary N) is 1. The molecule has 1 N–H and O–H groups in total. The fourth-order valence-corrected chi connectivity index (χ4v) is 7.57. The predicted octanol–water partition coefficient (Wildman–Crippen LogP) is 5.02. The van der Waals surface area contributed by atoms with Crippen molar-refractivity contribution in [3.05, 3.63) is 103 Å². The van der Waals surface area contributed by atoms with E-state index in [2.05, 4.69) is 21.2 Å². The molecule has 0 saturated heterocycles. The SMILES string of the molecule is CCOc1ccc(Br)cc1S(=O)(=O)N1Cc2ccccc2CC1C(=O)Nc1c(C)n(C)n(-c2cc(C)ccc2C)c1=O. The van der Waals surface area contributed by atoms with Gasteiger partial charge in [-0.05, 0) is 80.6 Å². The summed E-state index contributed by atoms with van der Waals surface area (Å²) in [6.45, 7) is 7.66. The number of sulfonamides is 1. The Hall–Kier alpha value is -3.67. The van der Waals surface area contributed by atoms with Crippen LogP contribution in [0, 0.1) is 20.8 Å². The predicted molar refractivity (Wildman–Crippen MR) is 166 cm³/mol. The Morgan fingerprint density at radius 2 is 1.76 bits per heavy atom. The molecule has 0 aliphatic carbocycles. The van der Waals surface area contributed by atoms with Crippen LogP contribution < -0.4 is 15.6 Å². The highest BCUT2D eigenvalue weighted by atomic mass is 79.9. The fourth-order valence-electron chi connectivity index (χ4n) is 5.34. The van der Waals surface area contributed by atoms with E-state index in [4.69, 9.17) is 4.74 Å². The molecule has 0 radical (unpaired) electrons. The van der Waals surface area contributed by atoms with Crippen LogP contribution in [0.4, 0.5) is 5.69 Å². The van der Waals surface area contributed by atoms with Gasteiger partial charge >= 0.3 is 0 Å². The van der Waals surface area contributed by atoms with Crippen molar-refractivity contribution < 1.29 is 17.9 Å². The quantitative estimate of drug-likeness (QED) is 0.302. The van der Waals surface area contributed by atoms with Gasteiger partial charge in [0.1, 0.15) is 22.4 Å². The summed E-state index contributed by atoms with van der Waals surface area (Å²) < 4.78 is 39.1. The van der Waals surface area contributed by atoms with E-state index >= 15 is 0 Å². The lowest BCUT2D eigenvalue weighted by Crippen LogP contribution is -2.50. The molecular formula is C31H33BrN4O5S. The summed E-state index contributed by atoms with van der Waals surface area (Å²) in [4.78, 5) is 27.7. The third kappa shape index (κ3) is 5.32. The zero-order chi connectivity index (χ0) is 30.3. The number of carbonyl (C=O) groups excluding carboxylic acids is 1. The average Bonchev–Trinajstić information content (AvgIpc) is 3.17. The maximum absolute atomic E-state index is 14.2. The lowest BCUT2D eigenvalue weighted by Gasteiger charge is -2.35. The summed E-state index contributed by atoms with van der Waals surface area (Å²) in [5.74, 6) is -0.381. The Kier molecular flexibility index (Phi) is 8.19. The van der Waals surface area contributed by atoms with Crippen LogP contribution in [0.1, 0.15) is 34.9 Å². The van der Waals surface area contributed by atoms with Crippen molar-refractivity contribution in [1.82, 2.24) is 13.7 Å². The highest BCUT2D eigenvalue weighted by Gasteiger charge is 2.41. The number of anilines is 1. The van der Waals surface area contributed by atoms with Gasteiger partial charge in [-0.1, -0.05) is 52.3 Å². The number of benzene rings is 3. The number of aromatic nitrogens is 2. The molecule has 1 aromatic heterocycles. The summed E-state index contributed by atoms with van der Waals surface area (Å²) in [5.41, 5.74) is 4.55. The highest BCUT2D eigenvalue weighted by Crippen LogP contribution is 2.35. The summed E-state index contributed by atoms with van der Waals surface area (Å²) in [7, 11) is -2.46. The molecule has 3 aromatic carbocycles. The molecule has 1 unspecified atom stereocenters. The first kappa shape index (κ1) is 29.8. The zero-order valence-corrected chi connectivity index (χ0v) is 26.5. The molecule has 42 heavy (non-hydrogen) atoms. The molecule has 1 aliphatic heterocycles. The van der Waals surface area contributed by atoms with Crippen LogP contribution in [-0.4, -0.2) is 40.6 Å². The van der Waals surface area contributed by atoms with Gasteiger partial charge in [-0.25, -0.2) is 13.1 Å². The Balaban J connectivity index is 1.58. The number of halogens is 1. The molecule has 1 atom stereocenters. The standard InChI is InChI=1S/C31H33BrN4O5S/c1-6-41-27-14-13-24(32)17-28(27)42(39,40)35-18-23-10-8-7-9-22(23)16-26(35)30(37)33-29-21(4)34(5)36(31(29)38)25-15-19(2)11-12-20(25)3/h7-15,17,26H,6,16,18H2,1-5H3,(H,33,37). The van der Waals surface area contributed by atoms with E-state index in [9.17, 15) is 18.0 Å². The Morgan fingerprint density at radius 3 is 2.48 bits per heavy atom. The van der Waals surface area contributed by atoms with Crippen molar-refractivity contribution in [3.63, 3.8) is 0 Å². The summed E-state index contributed by atoms with van der Waals surface area (Å²) in [5, 5.41) is 2.81. The molecule has 2 heterocycles. The number of ether oxygens (including phenoxy) is 1. The van der Waals surface area contributed by atoms with Crippen LogP contribution in [-0.2, 0) is 34.8 Å². The van der Waals surface area contributed by atoms with Crippen LogP contribution in [0.25, 0.3) is 5.69 Å². The van der Waals surface area contributed by atoms with E-state index in [0.717, 1.165) is 22.3 Å². The van der Waals surface area contributed by atoms with Gasteiger partial charge < -0.3 is 10.1 Å². The molecule has 1 amide bonds. The van der Waals surface area contributed by atoms with Crippen molar-refractivity contribution in [1.29, 1.82) is 0 Å². The molecule has 0 fully saturated rings. The van der Waals surface area contributed by atoms with Crippen molar-refractivity contribution in [2.24, 2.45) is 7.05 Å². The van der Waals surface area contributed by atoms with E-state index < -0.39 is 27.5 Å². The lowest BCUT2D eigenvalue weighted by molar-refractivity contribution is -0.120. The van der Waals surface area contributed by atoms with Gasteiger partial charge in [-0.15, -0.1) is 0 Å². The second-order valence-corrected chi connectivity index (χ2v) is 13.2. The minimum absolute atomic E-state index is 0.00480. The Morgan fingerprint density at radius 1 is 1.05 bits per heavy atom. The van der Waals surface area contributed by atoms with E-state index in [1.807, 2.05) is 56.3 Å². The number of nitrogens with zero attached hydrogens (tertiary/aromatic N) is 3. The zero-order valence-electron chi connectivity index (χ0n) is 24.1. The first-order valence-electron chi connectivity index (χ1n) is 13.6.